The van der Waals surface area contributed by atoms with Gasteiger partial charge >= 0.3 is 0 Å². The number of rotatable bonds is 34. The number of anilines is 1. The van der Waals surface area contributed by atoms with Crippen LogP contribution in [0.25, 0.3) is 32.4 Å². The zero-order valence-corrected chi connectivity index (χ0v) is 76.4. The Morgan fingerprint density at radius 1 is 0.636 bits per heavy atom. The van der Waals surface area contributed by atoms with Gasteiger partial charge in [0.15, 0.2) is 5.71 Å². The summed E-state index contributed by atoms with van der Waals surface area (Å²) >= 11 is 1.11. The molecule has 0 radical (unpaired) electrons. The number of likely N-dealkylation sites (tertiary alicyclic amines) is 1. The number of aliphatic hydroxyl groups is 3. The van der Waals surface area contributed by atoms with Crippen LogP contribution in [0, 0.1) is 0 Å². The number of carbonyl (C=O) groups is 11. The van der Waals surface area contributed by atoms with Crippen LogP contribution in [0.15, 0.2) is 200 Å². The zero-order chi connectivity index (χ0) is 92.1. The van der Waals surface area contributed by atoms with E-state index in [0.717, 1.165) is 68.5 Å². The highest BCUT2D eigenvalue weighted by molar-refractivity contribution is 8.76. The zero-order valence-electron chi connectivity index (χ0n) is 73.9. The number of unbranched alkanes of at least 4 members (excludes halogenated alkanes) is 3. The molecule has 5 heterocycles. The molecular weight excluding hydrogens is 1690 g/mol. The predicted molar refractivity (Wildman–Crippen MR) is 508 cm³/mol. The van der Waals surface area contributed by atoms with Crippen molar-refractivity contribution in [2.75, 3.05) is 62.0 Å². The van der Waals surface area contributed by atoms with Crippen molar-refractivity contribution in [3.63, 3.8) is 0 Å². The summed E-state index contributed by atoms with van der Waals surface area (Å²) in [4.78, 5) is 166. The number of para-hydroxylation sites is 1. The minimum atomic E-state index is -1.74. The molecule has 0 aliphatic carbocycles. The number of nitrogens with zero attached hydrogens (tertiary/aromatic N) is 3. The second-order valence-electron chi connectivity index (χ2n) is 34.3. The van der Waals surface area contributed by atoms with Crippen LogP contribution in [0.3, 0.4) is 0 Å². The molecule has 0 bridgehead atoms. The van der Waals surface area contributed by atoms with E-state index in [9.17, 15) is 48.9 Å². The van der Waals surface area contributed by atoms with Crippen molar-refractivity contribution in [1.82, 2.24) is 57.7 Å². The number of carbonyl (C=O) groups excluding carboxylic acids is 11. The first-order valence-electron chi connectivity index (χ1n) is 44.2. The highest BCUT2D eigenvalue weighted by Gasteiger charge is 2.47. The van der Waals surface area contributed by atoms with Gasteiger partial charge in [-0.1, -0.05) is 187 Å². The van der Waals surface area contributed by atoms with Crippen LogP contribution in [0.4, 0.5) is 11.4 Å². The normalized spacial score (nSPS) is 21.3. The standard InChI is InChI=1S/C98H118N14O14S3/c1-60(114)75(57-113)106-94(124)77-59-129-128-58-76(93(123)104-73(53-63-30-14-9-15-31-63)91(121)105-74(54-66-56-101-70-37-24-23-34-67(66)70)92(122)103-71(38-25-26-47-99)89(119)109-88(61(2)115)95(125)108-77)107-90(120)72(52-62-28-12-8-13-29-62)102-84(117)46-51-127-80-55-85(118)112(96(80)126)50-48-100-83(116)41-18-11-27-49-111-79-45-43-65-33-20-22-36-69(65)87(79)98(5,6)82(111)40-17-10-16-39-81-97(3,4)86-68-35-21-19-32-64(68)42-44-78(86)110(81)7/h8-10,12-17,19-24,28-37,39-40,42-45,56,60-61,71-77,80,88,101,113-115H,11,18,25-27,38,41,46-55,57-59,99H2,1-7H3,(H8-,100,102,103,104,105,106,107,108,109,116,117,119,120,121,122,123,124,125)/p+1/t60-,61-,71+,72-,73+,74-,75-,76+,77+,80?,88+/m1/s1. The highest BCUT2D eigenvalue weighted by Crippen LogP contribution is 2.50. The van der Waals surface area contributed by atoms with Gasteiger partial charge in [-0.15, -0.1) is 11.8 Å². The maximum Gasteiger partial charge on any atom is 0.245 e. The number of hydrogen-bond donors (Lipinski definition) is 14. The number of hydrogen-bond acceptors (Lipinski definition) is 19. The predicted octanol–water partition coefficient (Wildman–Crippen LogP) is 8.09. The van der Waals surface area contributed by atoms with Crippen molar-refractivity contribution in [1.29, 1.82) is 0 Å². The Morgan fingerprint density at radius 3 is 1.97 bits per heavy atom. The third-order valence-electron chi connectivity index (χ3n) is 24.3. The number of fused-ring (bicyclic) bond motifs is 7. The number of nitrogens with two attached hydrogens (primary N) is 1. The smallest absolute Gasteiger partial charge is 0.245 e. The molecule has 7 aromatic carbocycles. The molecule has 8 aromatic rings. The van der Waals surface area contributed by atoms with Gasteiger partial charge < -0.3 is 78.8 Å². The number of amides is 11. The number of aliphatic hydroxyl groups excluding tert-OH is 3. The van der Waals surface area contributed by atoms with E-state index in [2.05, 4.69) is 200 Å². The lowest BCUT2D eigenvalue weighted by molar-refractivity contribution is -0.438. The minimum absolute atomic E-state index is 0.0216. The van der Waals surface area contributed by atoms with Crippen molar-refractivity contribution in [2.24, 2.45) is 5.73 Å². The average Bonchev–Trinajstić information content (AvgIpc) is 1.58. The average molecular weight is 1810 g/mol. The molecule has 4 aliphatic heterocycles. The van der Waals surface area contributed by atoms with Crippen LogP contribution >= 0.6 is 33.3 Å². The van der Waals surface area contributed by atoms with E-state index in [-0.39, 0.29) is 98.6 Å². The maximum absolute atomic E-state index is 15.3. The number of nitrogens with one attached hydrogen (secondary N) is 10. The summed E-state index contributed by atoms with van der Waals surface area (Å²) in [6.45, 7) is 12.0. The summed E-state index contributed by atoms with van der Waals surface area (Å²) in [5, 5.41) is 61.3. The number of allylic oxidation sites excluding steroid dienone is 6. The number of H-pyrrole nitrogens is 1. The first-order chi connectivity index (χ1) is 62.0. The van der Waals surface area contributed by atoms with E-state index in [4.69, 9.17) is 5.73 Å². The Kier molecular flexibility index (Phi) is 33.9. The second kappa shape index (κ2) is 45.2. The highest BCUT2D eigenvalue weighted by atomic mass is 33.1. The van der Waals surface area contributed by atoms with Crippen molar-refractivity contribution >= 4 is 148 Å². The van der Waals surface area contributed by atoms with E-state index < -0.39 is 131 Å². The van der Waals surface area contributed by atoms with Crippen LogP contribution in [-0.2, 0) is 82.8 Å². The van der Waals surface area contributed by atoms with E-state index in [0.29, 0.717) is 36.0 Å². The Hall–Kier alpha value is -11.5. The molecule has 11 atom stereocenters. The lowest BCUT2D eigenvalue weighted by Gasteiger charge is -2.29. The van der Waals surface area contributed by atoms with Crippen LogP contribution in [0.5, 0.6) is 0 Å². The molecule has 0 saturated carbocycles. The van der Waals surface area contributed by atoms with E-state index in [1.165, 1.54) is 69.3 Å². The maximum atomic E-state index is 15.3. The lowest BCUT2D eigenvalue weighted by atomic mass is 9.79. The molecule has 682 valence electrons. The minimum Gasteiger partial charge on any atom is -0.394 e. The summed E-state index contributed by atoms with van der Waals surface area (Å²) in [7, 11) is 4.05. The summed E-state index contributed by atoms with van der Waals surface area (Å²) in [5.41, 5.74) is 15.2. The Balaban J connectivity index is 0.687. The first-order valence-corrected chi connectivity index (χ1v) is 47.8. The van der Waals surface area contributed by atoms with E-state index >= 15 is 19.2 Å². The van der Waals surface area contributed by atoms with Crippen LogP contribution < -0.4 is 58.5 Å². The van der Waals surface area contributed by atoms with Gasteiger partial charge in [-0.2, -0.15) is 4.58 Å². The van der Waals surface area contributed by atoms with E-state index in [1.807, 2.05) is 18.2 Å². The third-order valence-corrected chi connectivity index (χ3v) is 28.0. The largest absolute Gasteiger partial charge is 0.394 e. The lowest BCUT2D eigenvalue weighted by Crippen LogP contribution is -2.62. The number of aromatic amines is 1. The molecule has 4 aliphatic rings. The summed E-state index contributed by atoms with van der Waals surface area (Å²) in [5.74, 6) is -8.50. The Morgan fingerprint density at radius 2 is 1.27 bits per heavy atom. The number of thioether (sulfide) groups is 1. The van der Waals surface area contributed by atoms with Gasteiger partial charge in [0.25, 0.3) is 0 Å². The molecule has 1 unspecified atom stereocenters. The molecule has 11 amide bonds. The molecular formula is C98H119N14O14S3+. The molecule has 129 heavy (non-hydrogen) atoms. The first kappa shape index (κ1) is 96.6. The molecule has 31 heteroatoms. The van der Waals surface area contributed by atoms with Crippen LogP contribution in [-0.4, -0.2) is 223 Å². The van der Waals surface area contributed by atoms with Crippen molar-refractivity contribution in [2.45, 2.75) is 195 Å². The van der Waals surface area contributed by atoms with Gasteiger partial charge in [0.1, 0.15) is 48.8 Å². The summed E-state index contributed by atoms with van der Waals surface area (Å²) in [6, 6.07) is 38.9. The number of likely N-dealkylation sites (N-methyl/N-ethyl adjacent to an activating group) is 1. The summed E-state index contributed by atoms with van der Waals surface area (Å²) < 4.78 is 2.42. The molecule has 0 spiro atoms. The van der Waals surface area contributed by atoms with Crippen LogP contribution in [0.2, 0.25) is 0 Å². The molecule has 12 rings (SSSR count). The number of benzene rings is 7. The van der Waals surface area contributed by atoms with Gasteiger partial charge in [0.05, 0.1) is 35.5 Å². The van der Waals surface area contributed by atoms with Gasteiger partial charge in [-0.3, -0.25) is 57.6 Å². The quantitative estimate of drug-likeness (QED) is 0.00595. The van der Waals surface area contributed by atoms with E-state index in [1.54, 1.807) is 72.9 Å². The number of imide groups is 1. The van der Waals surface area contributed by atoms with Gasteiger partial charge in [0.2, 0.25) is 70.7 Å². The van der Waals surface area contributed by atoms with Gasteiger partial charge in [-0.05, 0) is 134 Å². The fourth-order valence-corrected chi connectivity index (χ4v) is 20.8. The van der Waals surface area contributed by atoms with Gasteiger partial charge in [-0.25, -0.2) is 0 Å². The topological polar surface area (TPSA) is 408 Å². The number of aromatic nitrogens is 1. The Labute approximate surface area is 764 Å². The molecule has 2 fully saturated rings. The van der Waals surface area contributed by atoms with Crippen LogP contribution in [0.1, 0.15) is 127 Å². The molecule has 28 nitrogen and oxygen atoms in total. The Bertz CT molecular complexity index is 5520. The summed E-state index contributed by atoms with van der Waals surface area (Å²) in [6.07, 6.45) is 12.0. The third kappa shape index (κ3) is 24.4. The monoisotopic (exact) mass is 1810 g/mol. The fraction of sp³-hybridized carbons (Fsp3) is 0.408. The second-order valence-corrected chi connectivity index (χ2v) is 38.2. The van der Waals surface area contributed by atoms with Crippen molar-refractivity contribution < 1.29 is 72.6 Å². The SMILES string of the molecule is C[C@@H](O)[C@@H]1NC(=O)[C@H](CCCCN)NC(=O)[C@@H](Cc2c[nH]c3ccccc23)NC(=O)[C@H](Cc2ccccc2)NC(=O)[C@@H](NC(=O)[C@@H](Cc2ccccc2)NC(=O)CCSC2CC(=O)N(CCNC(=O)CCCCC[N+]3=C(/C=C/C=C/C=C4/N(C)c5ccc6ccccc6c5C4(C)C)C(C)(C)c4c3ccc3ccccc43)C2=O)CSSC[C@@H](C(=O)N[C@H](CO)[C@@H](C)O)NC1=O. The molecule has 1 aromatic heterocycles. The van der Waals surface area contributed by atoms with Crippen molar-refractivity contribution in [3.8, 4) is 0 Å². The fourth-order valence-electron chi connectivity index (χ4n) is 17.4. The van der Waals surface area contributed by atoms with Gasteiger partial charge in [0, 0.05) is 134 Å². The van der Waals surface area contributed by atoms with Crippen molar-refractivity contribution in [3.05, 3.63) is 228 Å². The molecule has 15 N–H and O–H groups in total. The molecule has 2 saturated heterocycles.